The highest BCUT2D eigenvalue weighted by Crippen LogP contribution is 2.42. The molecule has 2 aromatic carbocycles. The average Bonchev–Trinajstić information content (AvgIpc) is 3.44. The van der Waals surface area contributed by atoms with Crippen LogP contribution in [0, 0.1) is 19.7 Å². The molecule has 1 amide bonds. The molecule has 4 aromatic rings. The molecule has 1 N–H and O–H groups in total. The van der Waals surface area contributed by atoms with Crippen LogP contribution in [0.15, 0.2) is 36.4 Å². The number of carboxylic acids is 1. The first-order valence-corrected chi connectivity index (χ1v) is 16.0. The fourth-order valence-electron chi connectivity index (χ4n) is 6.61. The first-order chi connectivity index (χ1) is 21.8. The monoisotopic (exact) mass is 648 g/mol. The van der Waals surface area contributed by atoms with Crippen molar-refractivity contribution < 1.29 is 28.6 Å². The predicted molar refractivity (Wildman–Crippen MR) is 172 cm³/mol. The number of fused-ring (bicyclic) bond motifs is 2. The molecule has 1 saturated heterocycles. The van der Waals surface area contributed by atoms with E-state index in [1.807, 2.05) is 31.2 Å². The van der Waals surface area contributed by atoms with Gasteiger partial charge in [0.1, 0.15) is 0 Å². The van der Waals surface area contributed by atoms with Crippen molar-refractivity contribution in [2.24, 2.45) is 0 Å². The van der Waals surface area contributed by atoms with Gasteiger partial charge < -0.3 is 19.5 Å². The molecular formula is C35H38ClFN4O5. The second kappa shape index (κ2) is 12.3. The number of hydrogen-bond acceptors (Lipinski definition) is 6. The summed E-state index contributed by atoms with van der Waals surface area (Å²) in [6.07, 6.45) is 1.51. The van der Waals surface area contributed by atoms with E-state index in [1.54, 1.807) is 38.7 Å². The third-order valence-electron chi connectivity index (χ3n) is 8.82. The van der Waals surface area contributed by atoms with E-state index in [0.29, 0.717) is 59.7 Å². The van der Waals surface area contributed by atoms with Gasteiger partial charge in [-0.15, -0.1) is 0 Å². The number of rotatable bonds is 6. The van der Waals surface area contributed by atoms with Crippen LogP contribution in [-0.4, -0.2) is 61.8 Å². The predicted octanol–water partition coefficient (Wildman–Crippen LogP) is 7.09. The molecule has 1 fully saturated rings. The number of carbonyl (C=O) groups excluding carboxylic acids is 1. The quantitative estimate of drug-likeness (QED) is 0.238. The van der Waals surface area contributed by atoms with Crippen molar-refractivity contribution in [1.29, 1.82) is 0 Å². The summed E-state index contributed by atoms with van der Waals surface area (Å²) in [5.41, 5.74) is 3.78. The Hall–Kier alpha value is -4.02. The van der Waals surface area contributed by atoms with Gasteiger partial charge in [-0.3, -0.25) is 4.79 Å². The Labute approximate surface area is 272 Å². The number of hydrogen-bond donors (Lipinski definition) is 1. The van der Waals surface area contributed by atoms with Crippen LogP contribution in [0.25, 0.3) is 16.9 Å². The third kappa shape index (κ3) is 6.08. The highest BCUT2D eigenvalue weighted by molar-refractivity contribution is 6.30. The smallest absolute Gasteiger partial charge is 0.337 e. The number of aryl methyl sites for hydroxylation is 1. The van der Waals surface area contributed by atoms with E-state index in [0.717, 1.165) is 30.4 Å². The number of carboxylic acid groups (broad SMARTS) is 1. The van der Waals surface area contributed by atoms with Gasteiger partial charge in [-0.1, -0.05) is 23.7 Å². The number of halogens is 2. The van der Waals surface area contributed by atoms with Crippen LogP contribution in [0.3, 0.4) is 0 Å². The van der Waals surface area contributed by atoms with E-state index < -0.39 is 23.5 Å². The molecule has 0 saturated carbocycles. The zero-order valence-corrected chi connectivity index (χ0v) is 27.4. The minimum atomic E-state index is -1.43. The first-order valence-electron chi connectivity index (χ1n) is 15.6. The molecule has 242 valence electrons. The van der Waals surface area contributed by atoms with Crippen LogP contribution < -0.4 is 4.74 Å². The minimum Gasteiger partial charge on any atom is -0.490 e. The summed E-state index contributed by atoms with van der Waals surface area (Å²) in [7, 11) is 0. The zero-order valence-electron chi connectivity index (χ0n) is 26.7. The van der Waals surface area contributed by atoms with Gasteiger partial charge in [0.05, 0.1) is 17.9 Å². The van der Waals surface area contributed by atoms with Crippen molar-refractivity contribution in [3.8, 4) is 17.0 Å². The van der Waals surface area contributed by atoms with Crippen LogP contribution >= 0.6 is 11.6 Å². The highest BCUT2D eigenvalue weighted by atomic mass is 35.5. The van der Waals surface area contributed by atoms with E-state index in [9.17, 15) is 14.7 Å². The van der Waals surface area contributed by atoms with E-state index in [2.05, 4.69) is 0 Å². The number of benzene rings is 2. The van der Waals surface area contributed by atoms with Gasteiger partial charge in [0.25, 0.3) is 5.91 Å². The Morgan fingerprint density at radius 1 is 1.13 bits per heavy atom. The largest absolute Gasteiger partial charge is 0.490 e. The second-order valence-electron chi connectivity index (χ2n) is 13.1. The average molecular weight is 649 g/mol. The Morgan fingerprint density at radius 3 is 2.48 bits per heavy atom. The molecule has 2 aromatic heterocycles. The van der Waals surface area contributed by atoms with Crippen molar-refractivity contribution >= 4 is 29.1 Å². The normalized spacial score (nSPS) is 16.3. The number of nitrogens with zero attached hydrogens (tertiary/aromatic N) is 4. The first kappa shape index (κ1) is 31.9. The molecule has 6 rings (SSSR count). The van der Waals surface area contributed by atoms with Gasteiger partial charge in [-0.05, 0) is 95.5 Å². The van der Waals surface area contributed by atoms with Crippen LogP contribution in [0.5, 0.6) is 5.75 Å². The van der Waals surface area contributed by atoms with Gasteiger partial charge in [0, 0.05) is 46.6 Å². The lowest BCUT2D eigenvalue weighted by Gasteiger charge is -2.31. The minimum absolute atomic E-state index is 0.179. The Balaban J connectivity index is 1.45. The summed E-state index contributed by atoms with van der Waals surface area (Å²) in [5.74, 6) is -1.46. The highest BCUT2D eigenvalue weighted by Gasteiger charge is 2.35. The van der Waals surface area contributed by atoms with Crippen molar-refractivity contribution in [3.05, 3.63) is 80.9 Å². The number of carbonyl (C=O) groups is 2. The second-order valence-corrected chi connectivity index (χ2v) is 13.6. The lowest BCUT2D eigenvalue weighted by Crippen LogP contribution is -2.38. The summed E-state index contributed by atoms with van der Waals surface area (Å²) in [6.45, 7) is 10.4. The summed E-state index contributed by atoms with van der Waals surface area (Å²) < 4.78 is 28.9. The zero-order chi connectivity index (χ0) is 32.9. The van der Waals surface area contributed by atoms with E-state index >= 15 is 4.39 Å². The Morgan fingerprint density at radius 2 is 1.83 bits per heavy atom. The molecule has 0 radical (unpaired) electrons. The maximum absolute atomic E-state index is 15.6. The standard InChI is InChI=1S/C35H38ClFN4O5/c1-19-24-7-6-16-45-31(24)26(37)17-25(19)30-29(32(34(43)44)46-35(3,4)5)20(2)38-28-18-27(39-41(28)30)33(42)40-14-12-22(13-15-40)21-8-10-23(36)11-9-21/h8-11,17-18,22,32H,6-7,12-16H2,1-5H3,(H,43,44)/t32-/m0/s1. The number of piperidine rings is 1. The summed E-state index contributed by atoms with van der Waals surface area (Å²) in [6, 6.07) is 10.8. The molecule has 9 nitrogen and oxygen atoms in total. The molecule has 0 spiro atoms. The fraction of sp³-hybridized carbons (Fsp3) is 0.429. The van der Waals surface area contributed by atoms with Crippen molar-refractivity contribution in [2.75, 3.05) is 19.7 Å². The van der Waals surface area contributed by atoms with E-state index in [4.69, 9.17) is 31.2 Å². The van der Waals surface area contributed by atoms with Crippen molar-refractivity contribution in [3.63, 3.8) is 0 Å². The van der Waals surface area contributed by atoms with Crippen molar-refractivity contribution in [1.82, 2.24) is 19.5 Å². The van der Waals surface area contributed by atoms with Crippen LogP contribution in [0.1, 0.15) is 90.5 Å². The number of aliphatic carboxylic acids is 1. The Bertz CT molecular complexity index is 1820. The fourth-order valence-corrected chi connectivity index (χ4v) is 6.74. The summed E-state index contributed by atoms with van der Waals surface area (Å²) in [5, 5.41) is 15.8. The molecule has 0 bridgehead atoms. The molecule has 2 aliphatic heterocycles. The Kier molecular flexibility index (Phi) is 8.54. The third-order valence-corrected chi connectivity index (χ3v) is 9.07. The topological polar surface area (TPSA) is 106 Å². The number of ether oxygens (including phenoxy) is 2. The molecule has 4 heterocycles. The molecule has 0 aliphatic carbocycles. The number of aromatic nitrogens is 3. The lowest BCUT2D eigenvalue weighted by molar-refractivity contribution is -0.160. The molecule has 11 heteroatoms. The van der Waals surface area contributed by atoms with Crippen LogP contribution in [0.2, 0.25) is 5.02 Å². The lowest BCUT2D eigenvalue weighted by atomic mass is 9.89. The molecule has 0 unspecified atom stereocenters. The van der Waals surface area contributed by atoms with Crippen LogP contribution in [-0.2, 0) is 16.0 Å². The van der Waals surface area contributed by atoms with Crippen LogP contribution in [0.4, 0.5) is 4.39 Å². The molecule has 46 heavy (non-hydrogen) atoms. The van der Waals surface area contributed by atoms with Gasteiger partial charge in [0.2, 0.25) is 0 Å². The summed E-state index contributed by atoms with van der Waals surface area (Å²) in [4.78, 5) is 33.1. The van der Waals surface area contributed by atoms with Gasteiger partial charge in [0.15, 0.2) is 29.0 Å². The summed E-state index contributed by atoms with van der Waals surface area (Å²) >= 11 is 6.07. The maximum Gasteiger partial charge on any atom is 0.337 e. The van der Waals surface area contributed by atoms with E-state index in [1.165, 1.54) is 16.1 Å². The van der Waals surface area contributed by atoms with Gasteiger partial charge in [-0.2, -0.15) is 5.10 Å². The maximum atomic E-state index is 15.6. The molecule has 2 aliphatic rings. The number of amides is 1. The van der Waals surface area contributed by atoms with Gasteiger partial charge in [-0.25, -0.2) is 18.7 Å². The van der Waals surface area contributed by atoms with E-state index in [-0.39, 0.29) is 22.9 Å². The number of likely N-dealkylation sites (tertiary alicyclic amines) is 1. The van der Waals surface area contributed by atoms with Gasteiger partial charge >= 0.3 is 5.97 Å². The SMILES string of the molecule is Cc1nc2cc(C(=O)N3CCC(c4ccc(Cl)cc4)CC3)nn2c(-c2cc(F)c3c(c2C)CCCO3)c1[C@H](OC(C)(C)C)C(=O)O. The molecule has 1 atom stereocenters. The van der Waals surface area contributed by atoms with Crippen molar-refractivity contribution in [2.45, 2.75) is 77.9 Å². The molecular weight excluding hydrogens is 611 g/mol.